The number of urea groups is 1. The van der Waals surface area contributed by atoms with Crippen molar-refractivity contribution in [2.24, 2.45) is 5.92 Å². The Hall–Kier alpha value is -2.34. The highest BCUT2D eigenvalue weighted by atomic mass is 16.3. The molecule has 1 heterocycles. The molecule has 1 aromatic carbocycles. The number of benzene rings is 1. The second-order valence-electron chi connectivity index (χ2n) is 6.28. The molecular weight excluding hydrogens is 304 g/mol. The summed E-state index contributed by atoms with van der Waals surface area (Å²) in [6, 6.07) is 7.97. The van der Waals surface area contributed by atoms with E-state index >= 15 is 0 Å². The van der Waals surface area contributed by atoms with Crippen molar-refractivity contribution in [1.29, 1.82) is 0 Å². The minimum absolute atomic E-state index is 0.131. The monoisotopic (exact) mass is 330 g/mol. The molecular formula is C18H26N4O2. The molecule has 0 fully saturated rings. The molecule has 130 valence electrons. The normalized spacial score (nSPS) is 12.0. The van der Waals surface area contributed by atoms with Gasteiger partial charge >= 0.3 is 6.03 Å². The zero-order valence-electron chi connectivity index (χ0n) is 14.5. The molecule has 0 unspecified atom stereocenters. The number of hydrogen-bond acceptors (Lipinski definition) is 3. The fourth-order valence-electron chi connectivity index (χ4n) is 2.42. The van der Waals surface area contributed by atoms with Crippen molar-refractivity contribution >= 4 is 11.8 Å². The molecule has 6 heteroatoms. The lowest BCUT2D eigenvalue weighted by molar-refractivity contribution is 0.227. The number of nitrogens with one attached hydrogen (secondary N) is 2. The van der Waals surface area contributed by atoms with Crippen molar-refractivity contribution in [2.45, 2.75) is 33.7 Å². The molecule has 0 aliphatic rings. The van der Waals surface area contributed by atoms with Crippen LogP contribution in [0, 0.1) is 19.8 Å². The third kappa shape index (κ3) is 5.09. The van der Waals surface area contributed by atoms with Crippen molar-refractivity contribution in [1.82, 2.24) is 15.1 Å². The first-order chi connectivity index (χ1) is 11.5. The zero-order valence-corrected chi connectivity index (χ0v) is 14.5. The summed E-state index contributed by atoms with van der Waals surface area (Å²) in [6.07, 6.45) is 2.49. The van der Waals surface area contributed by atoms with Crippen LogP contribution in [0.4, 0.5) is 10.6 Å². The first-order valence-corrected chi connectivity index (χ1v) is 8.23. The van der Waals surface area contributed by atoms with Crippen molar-refractivity contribution in [2.75, 3.05) is 18.5 Å². The lowest BCUT2D eigenvalue weighted by Crippen LogP contribution is -2.31. The lowest BCUT2D eigenvalue weighted by atomic mass is 10.1. The van der Waals surface area contributed by atoms with Gasteiger partial charge in [0.1, 0.15) is 5.82 Å². The number of rotatable bonds is 7. The van der Waals surface area contributed by atoms with Crippen molar-refractivity contribution < 1.29 is 9.90 Å². The van der Waals surface area contributed by atoms with Crippen LogP contribution < -0.4 is 10.6 Å². The molecule has 1 atom stereocenters. The number of aliphatic hydroxyl groups is 1. The first kappa shape index (κ1) is 18.0. The van der Waals surface area contributed by atoms with Crippen LogP contribution in [-0.4, -0.2) is 34.1 Å². The Morgan fingerprint density at radius 1 is 1.38 bits per heavy atom. The van der Waals surface area contributed by atoms with Gasteiger partial charge in [-0.3, -0.25) is 5.32 Å². The molecule has 2 rings (SSSR count). The van der Waals surface area contributed by atoms with E-state index in [0.29, 0.717) is 18.9 Å². The summed E-state index contributed by atoms with van der Waals surface area (Å²) in [4.78, 5) is 12.1. The number of aliphatic hydroxyl groups excluding tert-OH is 1. The molecule has 0 radical (unpaired) electrons. The fourth-order valence-corrected chi connectivity index (χ4v) is 2.42. The van der Waals surface area contributed by atoms with Gasteiger partial charge in [0.25, 0.3) is 0 Å². The Bertz CT molecular complexity index is 681. The van der Waals surface area contributed by atoms with Gasteiger partial charge in [0, 0.05) is 18.7 Å². The van der Waals surface area contributed by atoms with E-state index in [1.807, 2.05) is 26.0 Å². The highest BCUT2D eigenvalue weighted by Crippen LogP contribution is 2.16. The molecule has 0 saturated heterocycles. The summed E-state index contributed by atoms with van der Waals surface area (Å²) in [5.74, 6) is 0.878. The Morgan fingerprint density at radius 2 is 2.17 bits per heavy atom. The molecule has 0 saturated carbocycles. The van der Waals surface area contributed by atoms with E-state index in [1.165, 1.54) is 5.56 Å². The number of aryl methyl sites for hydroxylation is 2. The van der Waals surface area contributed by atoms with Crippen LogP contribution in [0.2, 0.25) is 0 Å². The van der Waals surface area contributed by atoms with Crippen molar-refractivity contribution in [3.05, 3.63) is 47.2 Å². The summed E-state index contributed by atoms with van der Waals surface area (Å²) in [5.41, 5.74) is 3.25. The summed E-state index contributed by atoms with van der Waals surface area (Å²) in [5, 5.41) is 19.0. The van der Waals surface area contributed by atoms with Gasteiger partial charge in [-0.2, -0.15) is 5.10 Å². The van der Waals surface area contributed by atoms with Gasteiger partial charge < -0.3 is 10.4 Å². The van der Waals surface area contributed by atoms with Gasteiger partial charge in [-0.05, 0) is 31.7 Å². The highest BCUT2D eigenvalue weighted by molar-refractivity contribution is 5.89. The van der Waals surface area contributed by atoms with Crippen LogP contribution in [0.25, 0.3) is 0 Å². The van der Waals surface area contributed by atoms with Gasteiger partial charge in [-0.1, -0.05) is 36.8 Å². The van der Waals surface area contributed by atoms with Gasteiger partial charge in [0.05, 0.1) is 12.7 Å². The standard InChI is InChI=1S/C18H26N4O2/c1-13-5-4-6-16(9-13)11-22-17(15(3)10-20-22)21-18(24)19-8-7-14(2)12-23/h4-6,9-10,14,23H,7-8,11-12H2,1-3H3,(H2,19,21,24)/t14-/m1/s1. The molecule has 0 aliphatic heterocycles. The Kier molecular flexibility index (Phi) is 6.37. The second kappa shape index (κ2) is 8.49. The predicted octanol–water partition coefficient (Wildman–Crippen LogP) is 2.69. The smallest absolute Gasteiger partial charge is 0.320 e. The molecule has 1 aromatic heterocycles. The fraction of sp³-hybridized carbons (Fsp3) is 0.444. The van der Waals surface area contributed by atoms with Gasteiger partial charge in [0.15, 0.2) is 0 Å². The molecule has 2 amide bonds. The first-order valence-electron chi connectivity index (χ1n) is 8.23. The maximum absolute atomic E-state index is 12.1. The van der Waals surface area contributed by atoms with E-state index < -0.39 is 0 Å². The number of aromatic nitrogens is 2. The number of hydrogen-bond donors (Lipinski definition) is 3. The van der Waals surface area contributed by atoms with E-state index in [9.17, 15) is 4.79 Å². The maximum atomic E-state index is 12.1. The number of nitrogens with zero attached hydrogens (tertiary/aromatic N) is 2. The van der Waals surface area contributed by atoms with Gasteiger partial charge in [-0.25, -0.2) is 9.48 Å². The summed E-state index contributed by atoms with van der Waals surface area (Å²) < 4.78 is 1.79. The SMILES string of the molecule is Cc1cccc(Cn2ncc(C)c2NC(=O)NCC[C@@H](C)CO)c1. The molecule has 6 nitrogen and oxygen atoms in total. The summed E-state index contributed by atoms with van der Waals surface area (Å²) in [7, 11) is 0. The Morgan fingerprint density at radius 3 is 2.88 bits per heavy atom. The largest absolute Gasteiger partial charge is 0.396 e. The minimum Gasteiger partial charge on any atom is -0.396 e. The van der Waals surface area contributed by atoms with Crippen LogP contribution in [0.15, 0.2) is 30.5 Å². The van der Waals surface area contributed by atoms with E-state index in [1.54, 1.807) is 10.9 Å². The highest BCUT2D eigenvalue weighted by Gasteiger charge is 2.11. The van der Waals surface area contributed by atoms with Crippen molar-refractivity contribution in [3.63, 3.8) is 0 Å². The molecule has 0 aliphatic carbocycles. The predicted molar refractivity (Wildman–Crippen MR) is 95.1 cm³/mol. The van der Waals surface area contributed by atoms with Crippen LogP contribution in [0.5, 0.6) is 0 Å². The zero-order chi connectivity index (χ0) is 17.5. The van der Waals surface area contributed by atoms with Crippen LogP contribution in [-0.2, 0) is 6.54 Å². The Labute approximate surface area is 142 Å². The third-order valence-electron chi connectivity index (χ3n) is 3.90. The molecule has 24 heavy (non-hydrogen) atoms. The molecule has 0 bridgehead atoms. The number of amides is 2. The van der Waals surface area contributed by atoms with E-state index in [4.69, 9.17) is 5.11 Å². The lowest BCUT2D eigenvalue weighted by Gasteiger charge is -2.13. The molecule has 3 N–H and O–H groups in total. The van der Waals surface area contributed by atoms with E-state index in [2.05, 4.69) is 34.8 Å². The number of carbonyl (C=O) groups is 1. The minimum atomic E-state index is -0.255. The quantitative estimate of drug-likeness (QED) is 0.730. The number of anilines is 1. The van der Waals surface area contributed by atoms with E-state index in [-0.39, 0.29) is 18.6 Å². The summed E-state index contributed by atoms with van der Waals surface area (Å²) in [6.45, 7) is 7.18. The topological polar surface area (TPSA) is 79.2 Å². The second-order valence-corrected chi connectivity index (χ2v) is 6.28. The Balaban J connectivity index is 1.98. The summed E-state index contributed by atoms with van der Waals surface area (Å²) >= 11 is 0. The van der Waals surface area contributed by atoms with Crippen LogP contribution in [0.3, 0.4) is 0 Å². The third-order valence-corrected chi connectivity index (χ3v) is 3.90. The van der Waals surface area contributed by atoms with Gasteiger partial charge in [-0.15, -0.1) is 0 Å². The van der Waals surface area contributed by atoms with Crippen LogP contribution in [0.1, 0.15) is 30.0 Å². The van der Waals surface area contributed by atoms with Crippen molar-refractivity contribution in [3.8, 4) is 0 Å². The molecule has 0 spiro atoms. The van der Waals surface area contributed by atoms with Crippen LogP contribution >= 0.6 is 0 Å². The average molecular weight is 330 g/mol. The maximum Gasteiger partial charge on any atom is 0.320 e. The molecule has 2 aromatic rings. The number of carbonyl (C=O) groups excluding carboxylic acids is 1. The average Bonchev–Trinajstić information content (AvgIpc) is 2.88. The van der Waals surface area contributed by atoms with E-state index in [0.717, 1.165) is 17.5 Å². The van der Waals surface area contributed by atoms with Gasteiger partial charge in [0.2, 0.25) is 0 Å².